The standard InChI is InChI=1S/2C18H36O2.Mn/c2*1-2-3-4-5-6-7-8-9-10-11-12-13-14-15-16-17-18(19)20;/h2*2-17H2,1H3,(H,19,20);/q;;+2/p-2. The number of carbonyl (C=O) groups excluding carboxylic acids is 2. The third-order valence-corrected chi connectivity index (χ3v) is 7.97. The molecule has 0 N–H and O–H groups in total. The molecule has 4 nitrogen and oxygen atoms in total. The molecule has 0 heterocycles. The van der Waals surface area contributed by atoms with Crippen LogP contribution in [-0.4, -0.2) is 11.9 Å². The van der Waals surface area contributed by atoms with E-state index in [1.807, 2.05) is 0 Å². The Hall–Kier alpha value is -0.541. The summed E-state index contributed by atoms with van der Waals surface area (Å²) in [6, 6.07) is 0. The Morgan fingerprint density at radius 3 is 0.610 bits per heavy atom. The number of carbonyl (C=O) groups is 2. The van der Waals surface area contributed by atoms with E-state index in [9.17, 15) is 19.8 Å². The van der Waals surface area contributed by atoms with Gasteiger partial charge < -0.3 is 19.8 Å². The van der Waals surface area contributed by atoms with Crippen molar-refractivity contribution in [2.75, 3.05) is 0 Å². The number of carboxylic acids is 2. The van der Waals surface area contributed by atoms with Gasteiger partial charge in [-0.3, -0.25) is 0 Å². The minimum atomic E-state index is -0.903. The van der Waals surface area contributed by atoms with Crippen LogP contribution in [0.5, 0.6) is 0 Å². The molecule has 0 aliphatic carbocycles. The molecule has 0 aromatic heterocycles. The summed E-state index contributed by atoms with van der Waals surface area (Å²) in [6.45, 7) is 4.53. The van der Waals surface area contributed by atoms with E-state index in [0.717, 1.165) is 25.7 Å². The summed E-state index contributed by atoms with van der Waals surface area (Å²) in [4.78, 5) is 20.4. The minimum absolute atomic E-state index is 0. The molecular formula is C36H70MnO4. The molecule has 1 radical (unpaired) electrons. The maximum atomic E-state index is 10.2. The van der Waals surface area contributed by atoms with Crippen molar-refractivity contribution in [3.05, 3.63) is 0 Å². The zero-order valence-corrected chi connectivity index (χ0v) is 28.8. The van der Waals surface area contributed by atoms with Crippen molar-refractivity contribution in [3.63, 3.8) is 0 Å². The Labute approximate surface area is 267 Å². The van der Waals surface area contributed by atoms with Crippen molar-refractivity contribution >= 4 is 11.9 Å². The maximum Gasteiger partial charge on any atom is 2.00 e. The first-order valence-corrected chi connectivity index (χ1v) is 17.9. The first-order valence-electron chi connectivity index (χ1n) is 17.9. The van der Waals surface area contributed by atoms with Crippen LogP contribution in [0.2, 0.25) is 0 Å². The average Bonchev–Trinajstić information content (AvgIpc) is 2.93. The van der Waals surface area contributed by atoms with E-state index in [2.05, 4.69) is 13.8 Å². The molecule has 0 bridgehead atoms. The Morgan fingerprint density at radius 1 is 0.317 bits per heavy atom. The van der Waals surface area contributed by atoms with Crippen molar-refractivity contribution in [3.8, 4) is 0 Å². The second-order valence-electron chi connectivity index (χ2n) is 12.1. The molecule has 0 rings (SSSR count). The van der Waals surface area contributed by atoms with Gasteiger partial charge in [0.25, 0.3) is 0 Å². The molecule has 0 amide bonds. The van der Waals surface area contributed by atoms with Gasteiger partial charge in [0.1, 0.15) is 0 Å². The third-order valence-electron chi connectivity index (χ3n) is 7.97. The van der Waals surface area contributed by atoms with Crippen LogP contribution in [0, 0.1) is 0 Å². The van der Waals surface area contributed by atoms with E-state index >= 15 is 0 Å². The van der Waals surface area contributed by atoms with Crippen LogP contribution in [0.1, 0.15) is 219 Å². The summed E-state index contributed by atoms with van der Waals surface area (Å²) in [5.74, 6) is -1.81. The number of unbranched alkanes of at least 4 members (excludes halogenated alkanes) is 28. The van der Waals surface area contributed by atoms with Crippen molar-refractivity contribution in [2.45, 2.75) is 219 Å². The summed E-state index contributed by atoms with van der Waals surface area (Å²) in [6.07, 6.45) is 39.7. The molecule has 0 aromatic carbocycles. The summed E-state index contributed by atoms with van der Waals surface area (Å²) < 4.78 is 0. The number of aliphatic carboxylic acids is 2. The molecular weight excluding hydrogens is 551 g/mol. The fourth-order valence-electron chi connectivity index (χ4n) is 5.28. The van der Waals surface area contributed by atoms with Crippen molar-refractivity contribution in [2.24, 2.45) is 0 Å². The SMILES string of the molecule is CCCCCCCCCCCCCCCCCC(=O)[O-].CCCCCCCCCCCCCCCCCC(=O)[O-].[Mn+2]. The Morgan fingerprint density at radius 2 is 0.463 bits per heavy atom. The van der Waals surface area contributed by atoms with Crippen LogP contribution in [0.25, 0.3) is 0 Å². The predicted octanol–water partition coefficient (Wildman–Crippen LogP) is 9.99. The topological polar surface area (TPSA) is 80.3 Å². The molecule has 41 heavy (non-hydrogen) atoms. The Balaban J connectivity index is -0.000000688. The normalized spacial score (nSPS) is 10.6. The van der Waals surface area contributed by atoms with Gasteiger partial charge in [0.05, 0.1) is 0 Å². The summed E-state index contributed by atoms with van der Waals surface area (Å²) in [5, 5.41) is 20.4. The smallest absolute Gasteiger partial charge is 0.550 e. The van der Waals surface area contributed by atoms with Crippen LogP contribution in [0.15, 0.2) is 0 Å². The van der Waals surface area contributed by atoms with Gasteiger partial charge >= 0.3 is 17.1 Å². The fraction of sp³-hybridized carbons (Fsp3) is 0.944. The quantitative estimate of drug-likeness (QED) is 0.0553. The molecule has 0 unspecified atom stereocenters. The van der Waals surface area contributed by atoms with Gasteiger partial charge in [-0.1, -0.05) is 194 Å². The molecule has 245 valence electrons. The van der Waals surface area contributed by atoms with Gasteiger partial charge in [0.15, 0.2) is 0 Å². The fourth-order valence-corrected chi connectivity index (χ4v) is 5.28. The molecule has 0 aliphatic heterocycles. The van der Waals surface area contributed by atoms with Gasteiger partial charge in [0, 0.05) is 11.9 Å². The first kappa shape index (κ1) is 44.9. The van der Waals surface area contributed by atoms with E-state index in [4.69, 9.17) is 0 Å². The Kier molecular flexibility index (Phi) is 45.5. The summed E-state index contributed by atoms with van der Waals surface area (Å²) in [7, 11) is 0. The number of hydrogen-bond acceptors (Lipinski definition) is 4. The van der Waals surface area contributed by atoms with Crippen LogP contribution in [-0.2, 0) is 26.7 Å². The van der Waals surface area contributed by atoms with Crippen LogP contribution >= 0.6 is 0 Å². The zero-order chi connectivity index (χ0) is 29.8. The van der Waals surface area contributed by atoms with Crippen molar-refractivity contribution in [1.82, 2.24) is 0 Å². The Bertz CT molecular complexity index is 454. The van der Waals surface area contributed by atoms with Gasteiger partial charge in [0.2, 0.25) is 0 Å². The second-order valence-corrected chi connectivity index (χ2v) is 12.1. The van der Waals surface area contributed by atoms with E-state index in [1.54, 1.807) is 0 Å². The third kappa shape index (κ3) is 49.5. The molecule has 0 atom stereocenters. The summed E-state index contributed by atoms with van der Waals surface area (Å²) in [5.41, 5.74) is 0. The average molecular weight is 622 g/mol. The molecule has 5 heteroatoms. The van der Waals surface area contributed by atoms with E-state index in [-0.39, 0.29) is 29.9 Å². The zero-order valence-electron chi connectivity index (χ0n) is 27.6. The van der Waals surface area contributed by atoms with Crippen LogP contribution in [0.3, 0.4) is 0 Å². The first-order chi connectivity index (χ1) is 19.5. The number of hydrogen-bond donors (Lipinski definition) is 0. The minimum Gasteiger partial charge on any atom is -0.550 e. The predicted molar refractivity (Wildman–Crippen MR) is 169 cm³/mol. The molecule has 0 aliphatic rings. The van der Waals surface area contributed by atoms with Crippen LogP contribution in [0.4, 0.5) is 0 Å². The molecule has 0 aromatic rings. The van der Waals surface area contributed by atoms with E-state index in [1.165, 1.54) is 167 Å². The monoisotopic (exact) mass is 621 g/mol. The number of carboxylic acid groups (broad SMARTS) is 2. The van der Waals surface area contributed by atoms with Gasteiger partial charge in [-0.2, -0.15) is 0 Å². The van der Waals surface area contributed by atoms with E-state index in [0.29, 0.717) is 0 Å². The summed E-state index contributed by atoms with van der Waals surface area (Å²) >= 11 is 0. The molecule has 0 fully saturated rings. The van der Waals surface area contributed by atoms with Crippen LogP contribution < -0.4 is 10.2 Å². The van der Waals surface area contributed by atoms with E-state index < -0.39 is 11.9 Å². The molecule has 0 saturated carbocycles. The van der Waals surface area contributed by atoms with Gasteiger partial charge in [-0.05, 0) is 25.7 Å². The molecule has 0 saturated heterocycles. The van der Waals surface area contributed by atoms with Gasteiger partial charge in [-0.25, -0.2) is 0 Å². The van der Waals surface area contributed by atoms with Crippen molar-refractivity contribution < 1.29 is 36.9 Å². The number of rotatable bonds is 32. The van der Waals surface area contributed by atoms with Crippen molar-refractivity contribution in [1.29, 1.82) is 0 Å². The second kappa shape index (κ2) is 41.6. The molecule has 0 spiro atoms. The maximum absolute atomic E-state index is 10.2. The largest absolute Gasteiger partial charge is 2.00 e. The van der Waals surface area contributed by atoms with Gasteiger partial charge in [-0.15, -0.1) is 0 Å².